The van der Waals surface area contributed by atoms with E-state index in [-0.39, 0.29) is 0 Å². The SMILES string of the molecule is CCOC(=O)c1cc(-c2ccccc2)nnc1Sc1ccc(Cl)cc1. The van der Waals surface area contributed by atoms with Crippen molar-refractivity contribution in [2.45, 2.75) is 16.8 Å². The van der Waals surface area contributed by atoms with E-state index in [1.54, 1.807) is 25.1 Å². The van der Waals surface area contributed by atoms with Gasteiger partial charge >= 0.3 is 5.97 Å². The fourth-order valence-corrected chi connectivity index (χ4v) is 3.13. The molecule has 6 heteroatoms. The maximum absolute atomic E-state index is 12.4. The first kappa shape index (κ1) is 17.5. The van der Waals surface area contributed by atoms with Crippen molar-refractivity contribution in [3.63, 3.8) is 0 Å². The molecule has 0 saturated heterocycles. The average Bonchev–Trinajstić information content (AvgIpc) is 2.65. The van der Waals surface area contributed by atoms with Crippen LogP contribution in [0, 0.1) is 0 Å². The lowest BCUT2D eigenvalue weighted by molar-refractivity contribution is 0.0521. The summed E-state index contributed by atoms with van der Waals surface area (Å²) < 4.78 is 5.18. The molecule has 0 N–H and O–H groups in total. The number of benzene rings is 2. The summed E-state index contributed by atoms with van der Waals surface area (Å²) in [5.74, 6) is -0.411. The van der Waals surface area contributed by atoms with E-state index in [9.17, 15) is 4.79 Å². The summed E-state index contributed by atoms with van der Waals surface area (Å²) >= 11 is 7.26. The Morgan fingerprint density at radius 3 is 2.48 bits per heavy atom. The number of esters is 1. The van der Waals surface area contributed by atoms with Crippen LogP contribution in [0.4, 0.5) is 0 Å². The monoisotopic (exact) mass is 370 g/mol. The third kappa shape index (κ3) is 4.38. The quantitative estimate of drug-likeness (QED) is 0.583. The second kappa shape index (κ2) is 8.14. The van der Waals surface area contributed by atoms with E-state index in [2.05, 4.69) is 10.2 Å². The molecular weight excluding hydrogens is 356 g/mol. The van der Waals surface area contributed by atoms with E-state index in [4.69, 9.17) is 16.3 Å². The van der Waals surface area contributed by atoms with E-state index >= 15 is 0 Å². The molecule has 3 aromatic rings. The highest BCUT2D eigenvalue weighted by molar-refractivity contribution is 7.99. The first-order chi connectivity index (χ1) is 12.2. The summed E-state index contributed by atoms with van der Waals surface area (Å²) in [6, 6.07) is 18.6. The van der Waals surface area contributed by atoms with Crippen LogP contribution in [0.15, 0.2) is 70.6 Å². The molecule has 0 aliphatic carbocycles. The van der Waals surface area contributed by atoms with Crippen molar-refractivity contribution in [3.8, 4) is 11.3 Å². The molecular formula is C19H15ClN2O2S. The van der Waals surface area contributed by atoms with E-state index in [1.807, 2.05) is 42.5 Å². The normalized spacial score (nSPS) is 10.5. The van der Waals surface area contributed by atoms with Crippen molar-refractivity contribution in [2.24, 2.45) is 0 Å². The van der Waals surface area contributed by atoms with Gasteiger partial charge in [-0.15, -0.1) is 10.2 Å². The van der Waals surface area contributed by atoms with Crippen molar-refractivity contribution >= 4 is 29.3 Å². The maximum Gasteiger partial charge on any atom is 0.341 e. The second-order valence-electron chi connectivity index (χ2n) is 5.09. The van der Waals surface area contributed by atoms with Gasteiger partial charge in [-0.25, -0.2) is 4.79 Å². The number of carbonyl (C=O) groups excluding carboxylic acids is 1. The number of aromatic nitrogens is 2. The Morgan fingerprint density at radius 1 is 1.08 bits per heavy atom. The fourth-order valence-electron chi connectivity index (χ4n) is 2.18. The second-order valence-corrected chi connectivity index (χ2v) is 6.59. The molecule has 0 aliphatic heterocycles. The Labute approximate surface area is 155 Å². The molecule has 0 aliphatic rings. The lowest BCUT2D eigenvalue weighted by Crippen LogP contribution is -2.09. The lowest BCUT2D eigenvalue weighted by Gasteiger charge is -2.09. The molecule has 0 bridgehead atoms. The van der Waals surface area contributed by atoms with Gasteiger partial charge < -0.3 is 4.74 Å². The predicted molar refractivity (Wildman–Crippen MR) is 99.0 cm³/mol. The number of nitrogens with zero attached hydrogens (tertiary/aromatic N) is 2. The summed E-state index contributed by atoms with van der Waals surface area (Å²) in [5, 5.41) is 9.67. The van der Waals surface area contributed by atoms with Crippen LogP contribution in [0.1, 0.15) is 17.3 Å². The van der Waals surface area contributed by atoms with Gasteiger partial charge in [-0.2, -0.15) is 0 Å². The largest absolute Gasteiger partial charge is 0.462 e. The Bertz CT molecular complexity index is 870. The minimum Gasteiger partial charge on any atom is -0.462 e. The molecule has 1 heterocycles. The van der Waals surface area contributed by atoms with Crippen LogP contribution < -0.4 is 0 Å². The maximum atomic E-state index is 12.4. The Kier molecular flexibility index (Phi) is 5.68. The molecule has 126 valence electrons. The van der Waals surface area contributed by atoms with Crippen LogP contribution in [0.25, 0.3) is 11.3 Å². The smallest absolute Gasteiger partial charge is 0.341 e. The molecule has 0 amide bonds. The summed E-state index contributed by atoms with van der Waals surface area (Å²) in [4.78, 5) is 13.3. The van der Waals surface area contributed by atoms with Crippen molar-refractivity contribution < 1.29 is 9.53 Å². The number of ether oxygens (including phenoxy) is 1. The summed E-state index contributed by atoms with van der Waals surface area (Å²) in [5.41, 5.74) is 1.92. The summed E-state index contributed by atoms with van der Waals surface area (Å²) in [6.07, 6.45) is 0. The van der Waals surface area contributed by atoms with Crippen molar-refractivity contribution in [2.75, 3.05) is 6.61 Å². The predicted octanol–water partition coefficient (Wildman–Crippen LogP) is 5.12. The highest BCUT2D eigenvalue weighted by Crippen LogP contribution is 2.31. The third-order valence-electron chi connectivity index (χ3n) is 3.35. The standard InChI is InChI=1S/C19H15ClN2O2S/c1-2-24-19(23)16-12-17(13-6-4-3-5-7-13)21-22-18(16)25-15-10-8-14(20)9-11-15/h3-12H,2H2,1H3. The van der Waals surface area contributed by atoms with Gasteiger partial charge in [0.2, 0.25) is 0 Å². The van der Waals surface area contributed by atoms with Gasteiger partial charge in [0.1, 0.15) is 5.03 Å². The molecule has 0 radical (unpaired) electrons. The van der Waals surface area contributed by atoms with Gasteiger partial charge in [0.05, 0.1) is 17.9 Å². The zero-order valence-corrected chi connectivity index (χ0v) is 15.1. The zero-order valence-electron chi connectivity index (χ0n) is 13.5. The molecule has 2 aromatic carbocycles. The number of hydrogen-bond donors (Lipinski definition) is 0. The van der Waals surface area contributed by atoms with Gasteiger partial charge in [-0.05, 0) is 37.3 Å². The lowest BCUT2D eigenvalue weighted by atomic mass is 10.1. The van der Waals surface area contributed by atoms with Crippen molar-refractivity contribution in [1.82, 2.24) is 10.2 Å². The van der Waals surface area contributed by atoms with Crippen LogP contribution in [0.5, 0.6) is 0 Å². The van der Waals surface area contributed by atoms with Crippen LogP contribution in [-0.4, -0.2) is 22.8 Å². The van der Waals surface area contributed by atoms with Gasteiger partial charge in [0.15, 0.2) is 0 Å². The summed E-state index contributed by atoms with van der Waals surface area (Å²) in [7, 11) is 0. The molecule has 3 rings (SSSR count). The van der Waals surface area contributed by atoms with E-state index in [0.29, 0.717) is 27.9 Å². The number of halogens is 1. The van der Waals surface area contributed by atoms with E-state index in [0.717, 1.165) is 10.5 Å². The minimum atomic E-state index is -0.411. The fraction of sp³-hybridized carbons (Fsp3) is 0.105. The zero-order chi connectivity index (χ0) is 17.6. The van der Waals surface area contributed by atoms with E-state index in [1.165, 1.54) is 11.8 Å². The number of hydrogen-bond acceptors (Lipinski definition) is 5. The van der Waals surface area contributed by atoms with Crippen LogP contribution >= 0.6 is 23.4 Å². The van der Waals surface area contributed by atoms with Crippen LogP contribution in [-0.2, 0) is 4.74 Å². The van der Waals surface area contributed by atoms with Crippen molar-refractivity contribution in [1.29, 1.82) is 0 Å². The highest BCUT2D eigenvalue weighted by atomic mass is 35.5. The first-order valence-electron chi connectivity index (χ1n) is 7.71. The Hall–Kier alpha value is -2.37. The van der Waals surface area contributed by atoms with Gasteiger partial charge in [-0.1, -0.05) is 53.7 Å². The first-order valence-corrected chi connectivity index (χ1v) is 8.90. The van der Waals surface area contributed by atoms with Gasteiger partial charge in [-0.3, -0.25) is 0 Å². The van der Waals surface area contributed by atoms with Crippen LogP contribution in [0.2, 0.25) is 5.02 Å². The molecule has 0 saturated carbocycles. The van der Waals surface area contributed by atoms with Crippen molar-refractivity contribution in [3.05, 3.63) is 71.2 Å². The highest BCUT2D eigenvalue weighted by Gasteiger charge is 2.18. The molecule has 25 heavy (non-hydrogen) atoms. The Morgan fingerprint density at radius 2 is 1.80 bits per heavy atom. The molecule has 0 unspecified atom stereocenters. The number of carbonyl (C=O) groups is 1. The number of rotatable bonds is 5. The minimum absolute atomic E-state index is 0.298. The molecule has 1 aromatic heterocycles. The molecule has 4 nitrogen and oxygen atoms in total. The van der Waals surface area contributed by atoms with Gasteiger partial charge in [0.25, 0.3) is 0 Å². The third-order valence-corrected chi connectivity index (χ3v) is 4.61. The topological polar surface area (TPSA) is 52.1 Å². The van der Waals surface area contributed by atoms with Gasteiger partial charge in [0, 0.05) is 15.5 Å². The molecule has 0 fully saturated rings. The van der Waals surface area contributed by atoms with E-state index < -0.39 is 5.97 Å². The van der Waals surface area contributed by atoms with Crippen LogP contribution in [0.3, 0.4) is 0 Å². The molecule has 0 spiro atoms. The average molecular weight is 371 g/mol. The molecule has 0 atom stereocenters. The Balaban J connectivity index is 1.99. The summed E-state index contributed by atoms with van der Waals surface area (Å²) in [6.45, 7) is 2.07.